The summed E-state index contributed by atoms with van der Waals surface area (Å²) in [6.07, 6.45) is 2.24. The van der Waals surface area contributed by atoms with Gasteiger partial charge >= 0.3 is 6.03 Å². The number of hydrogen-bond donors (Lipinski definition) is 0. The van der Waals surface area contributed by atoms with Crippen LogP contribution in [0.3, 0.4) is 0 Å². The van der Waals surface area contributed by atoms with Crippen molar-refractivity contribution >= 4 is 6.03 Å². The molecule has 0 saturated carbocycles. The van der Waals surface area contributed by atoms with E-state index in [2.05, 4.69) is 0 Å². The van der Waals surface area contributed by atoms with E-state index in [-0.39, 0.29) is 6.03 Å². The van der Waals surface area contributed by atoms with Crippen LogP contribution in [0.2, 0.25) is 0 Å². The van der Waals surface area contributed by atoms with Crippen molar-refractivity contribution < 1.29 is 9.53 Å². The zero-order chi connectivity index (χ0) is 13.0. The van der Waals surface area contributed by atoms with Crippen LogP contribution in [0, 0.1) is 0 Å². The standard InChI is InChI=1S/C14H20N2O2/c1-15(14(17)16-9-5-6-10-16)11-12-7-3-4-8-13(12)18-2/h3-4,7-8H,5-6,9-11H2,1-2H3. The number of nitrogens with zero attached hydrogens (tertiary/aromatic N) is 2. The van der Waals surface area contributed by atoms with Gasteiger partial charge in [0, 0.05) is 25.7 Å². The van der Waals surface area contributed by atoms with E-state index >= 15 is 0 Å². The topological polar surface area (TPSA) is 32.8 Å². The lowest BCUT2D eigenvalue weighted by atomic mass is 10.2. The first-order valence-corrected chi connectivity index (χ1v) is 6.34. The van der Waals surface area contributed by atoms with Crippen LogP contribution in [0.5, 0.6) is 5.75 Å². The van der Waals surface area contributed by atoms with Gasteiger partial charge in [-0.3, -0.25) is 0 Å². The first-order chi connectivity index (χ1) is 8.72. The van der Waals surface area contributed by atoms with E-state index in [9.17, 15) is 4.79 Å². The molecule has 0 aromatic heterocycles. The third-order valence-electron chi connectivity index (χ3n) is 3.30. The molecule has 0 spiro atoms. The number of benzene rings is 1. The highest BCUT2D eigenvalue weighted by atomic mass is 16.5. The van der Waals surface area contributed by atoms with E-state index in [1.807, 2.05) is 36.2 Å². The molecule has 0 atom stereocenters. The Morgan fingerprint density at radius 3 is 2.67 bits per heavy atom. The number of hydrogen-bond acceptors (Lipinski definition) is 2. The minimum atomic E-state index is 0.110. The Labute approximate surface area is 108 Å². The van der Waals surface area contributed by atoms with Gasteiger partial charge in [0.1, 0.15) is 5.75 Å². The van der Waals surface area contributed by atoms with Gasteiger partial charge < -0.3 is 14.5 Å². The largest absolute Gasteiger partial charge is 0.496 e. The maximum atomic E-state index is 12.2. The van der Waals surface area contributed by atoms with Crippen LogP contribution in [0.1, 0.15) is 18.4 Å². The quantitative estimate of drug-likeness (QED) is 0.822. The van der Waals surface area contributed by atoms with Gasteiger partial charge in [0.15, 0.2) is 0 Å². The molecule has 1 heterocycles. The first kappa shape index (κ1) is 12.7. The van der Waals surface area contributed by atoms with Crippen LogP contribution in [0.25, 0.3) is 0 Å². The Morgan fingerprint density at radius 2 is 2.00 bits per heavy atom. The van der Waals surface area contributed by atoms with Gasteiger partial charge in [-0.05, 0) is 18.9 Å². The second kappa shape index (κ2) is 5.76. The van der Waals surface area contributed by atoms with Gasteiger partial charge in [0.05, 0.1) is 13.7 Å². The number of amides is 2. The molecular weight excluding hydrogens is 228 g/mol. The van der Waals surface area contributed by atoms with Crippen molar-refractivity contribution in [3.63, 3.8) is 0 Å². The van der Waals surface area contributed by atoms with Crippen molar-refractivity contribution in [2.24, 2.45) is 0 Å². The van der Waals surface area contributed by atoms with Gasteiger partial charge in [-0.25, -0.2) is 4.79 Å². The monoisotopic (exact) mass is 248 g/mol. The van der Waals surface area contributed by atoms with Crippen molar-refractivity contribution in [1.82, 2.24) is 9.80 Å². The summed E-state index contributed by atoms with van der Waals surface area (Å²) >= 11 is 0. The molecule has 1 aliphatic rings. The van der Waals surface area contributed by atoms with E-state index in [0.717, 1.165) is 37.2 Å². The fourth-order valence-corrected chi connectivity index (χ4v) is 2.31. The summed E-state index contributed by atoms with van der Waals surface area (Å²) in [7, 11) is 3.49. The predicted molar refractivity (Wildman–Crippen MR) is 70.7 cm³/mol. The maximum absolute atomic E-state index is 12.2. The molecule has 1 aromatic rings. The summed E-state index contributed by atoms with van der Waals surface area (Å²) < 4.78 is 5.30. The number of methoxy groups -OCH3 is 1. The number of ether oxygens (including phenoxy) is 1. The third kappa shape index (κ3) is 2.75. The third-order valence-corrected chi connectivity index (χ3v) is 3.30. The van der Waals surface area contributed by atoms with Gasteiger partial charge in [0.25, 0.3) is 0 Å². The lowest BCUT2D eigenvalue weighted by Gasteiger charge is -2.24. The summed E-state index contributed by atoms with van der Waals surface area (Å²) in [6.45, 7) is 2.35. The van der Waals surface area contributed by atoms with E-state index < -0.39 is 0 Å². The van der Waals surface area contributed by atoms with Crippen LogP contribution < -0.4 is 4.74 Å². The Balaban J connectivity index is 2.01. The molecule has 1 aromatic carbocycles. The molecule has 0 N–H and O–H groups in total. The molecule has 1 saturated heterocycles. The molecule has 1 fully saturated rings. The fourth-order valence-electron chi connectivity index (χ4n) is 2.31. The molecule has 2 rings (SSSR count). The minimum absolute atomic E-state index is 0.110. The molecule has 4 heteroatoms. The second-order valence-electron chi connectivity index (χ2n) is 4.64. The highest BCUT2D eigenvalue weighted by Crippen LogP contribution is 2.19. The Kier molecular flexibility index (Phi) is 4.07. The molecule has 0 radical (unpaired) electrons. The summed E-state index contributed by atoms with van der Waals surface area (Å²) in [5.41, 5.74) is 1.04. The van der Waals surface area contributed by atoms with Crippen LogP contribution in [-0.2, 0) is 6.54 Å². The summed E-state index contributed by atoms with van der Waals surface area (Å²) in [4.78, 5) is 15.8. The lowest BCUT2D eigenvalue weighted by molar-refractivity contribution is 0.170. The fraction of sp³-hybridized carbons (Fsp3) is 0.500. The summed E-state index contributed by atoms with van der Waals surface area (Å²) in [5, 5.41) is 0. The molecule has 0 bridgehead atoms. The van der Waals surface area contributed by atoms with Crippen molar-refractivity contribution in [2.75, 3.05) is 27.2 Å². The van der Waals surface area contributed by atoms with Crippen molar-refractivity contribution in [3.05, 3.63) is 29.8 Å². The molecule has 0 aliphatic carbocycles. The van der Waals surface area contributed by atoms with Crippen LogP contribution in [0.15, 0.2) is 24.3 Å². The van der Waals surface area contributed by atoms with E-state index in [1.54, 1.807) is 12.0 Å². The normalized spacial score (nSPS) is 14.7. The van der Waals surface area contributed by atoms with E-state index in [4.69, 9.17) is 4.74 Å². The minimum Gasteiger partial charge on any atom is -0.496 e. The van der Waals surface area contributed by atoms with E-state index in [1.165, 1.54) is 0 Å². The molecule has 0 unspecified atom stereocenters. The zero-order valence-electron chi connectivity index (χ0n) is 11.1. The van der Waals surface area contributed by atoms with Gasteiger partial charge in [-0.1, -0.05) is 18.2 Å². The highest BCUT2D eigenvalue weighted by Gasteiger charge is 2.21. The number of rotatable bonds is 3. The van der Waals surface area contributed by atoms with Crippen molar-refractivity contribution in [3.8, 4) is 5.75 Å². The van der Waals surface area contributed by atoms with Crippen LogP contribution in [-0.4, -0.2) is 43.1 Å². The number of carbonyl (C=O) groups is 1. The number of para-hydroxylation sites is 1. The van der Waals surface area contributed by atoms with Gasteiger partial charge in [0.2, 0.25) is 0 Å². The number of likely N-dealkylation sites (tertiary alicyclic amines) is 1. The predicted octanol–water partition coefficient (Wildman–Crippen LogP) is 2.34. The molecule has 18 heavy (non-hydrogen) atoms. The van der Waals surface area contributed by atoms with E-state index in [0.29, 0.717) is 6.54 Å². The second-order valence-corrected chi connectivity index (χ2v) is 4.64. The molecule has 2 amide bonds. The smallest absolute Gasteiger partial charge is 0.320 e. The molecule has 1 aliphatic heterocycles. The average molecular weight is 248 g/mol. The highest BCUT2D eigenvalue weighted by molar-refractivity contribution is 5.74. The summed E-state index contributed by atoms with van der Waals surface area (Å²) in [5.74, 6) is 0.832. The summed E-state index contributed by atoms with van der Waals surface area (Å²) in [6, 6.07) is 7.92. The van der Waals surface area contributed by atoms with Gasteiger partial charge in [-0.2, -0.15) is 0 Å². The maximum Gasteiger partial charge on any atom is 0.320 e. The Hall–Kier alpha value is -1.71. The van der Waals surface area contributed by atoms with Crippen molar-refractivity contribution in [2.45, 2.75) is 19.4 Å². The van der Waals surface area contributed by atoms with Crippen LogP contribution in [0.4, 0.5) is 4.79 Å². The van der Waals surface area contributed by atoms with Crippen molar-refractivity contribution in [1.29, 1.82) is 0 Å². The van der Waals surface area contributed by atoms with Gasteiger partial charge in [-0.15, -0.1) is 0 Å². The average Bonchev–Trinajstić information content (AvgIpc) is 2.92. The number of urea groups is 1. The SMILES string of the molecule is COc1ccccc1CN(C)C(=O)N1CCCC1. The van der Waals surface area contributed by atoms with Crippen LogP contribution >= 0.6 is 0 Å². The molecular formula is C14H20N2O2. The Bertz CT molecular complexity index is 414. The number of carbonyl (C=O) groups excluding carboxylic acids is 1. The lowest BCUT2D eigenvalue weighted by Crippen LogP contribution is -2.39. The zero-order valence-corrected chi connectivity index (χ0v) is 11.1. The molecule has 98 valence electrons. The first-order valence-electron chi connectivity index (χ1n) is 6.34. The molecule has 4 nitrogen and oxygen atoms in total. The Morgan fingerprint density at radius 1 is 1.33 bits per heavy atom.